The van der Waals surface area contributed by atoms with Crippen molar-refractivity contribution in [3.05, 3.63) is 112 Å². The molecule has 7 nitrogen and oxygen atoms in total. The Balaban J connectivity index is 1.37. The summed E-state index contributed by atoms with van der Waals surface area (Å²) in [6.07, 6.45) is 5.43. The Morgan fingerprint density at radius 2 is 1.92 bits per heavy atom. The van der Waals surface area contributed by atoms with Gasteiger partial charge in [-0.3, -0.25) is 4.98 Å². The van der Waals surface area contributed by atoms with Crippen molar-refractivity contribution >= 4 is 39.1 Å². The summed E-state index contributed by atoms with van der Waals surface area (Å²) in [4.78, 5) is 11.9. The zero-order valence-corrected chi connectivity index (χ0v) is 20.9. The van der Waals surface area contributed by atoms with Crippen LogP contribution in [0.3, 0.4) is 0 Å². The van der Waals surface area contributed by atoms with Gasteiger partial charge in [0.2, 0.25) is 0 Å². The predicted octanol–water partition coefficient (Wildman–Crippen LogP) is 4.72. The van der Waals surface area contributed by atoms with Gasteiger partial charge in [0.15, 0.2) is 0 Å². The van der Waals surface area contributed by atoms with Crippen LogP contribution in [-0.4, -0.2) is 43.5 Å². The predicted molar refractivity (Wildman–Crippen MR) is 146 cm³/mol. The Hall–Kier alpha value is -3.43. The number of fused-ring (bicyclic) bond motifs is 1. The number of nitrogens with one attached hydrogen (secondary N) is 1. The Morgan fingerprint density at radius 1 is 1.08 bits per heavy atom. The molecule has 0 fully saturated rings. The summed E-state index contributed by atoms with van der Waals surface area (Å²) in [7, 11) is -0.674. The molecule has 1 aromatic heterocycles. The number of halogens is 1. The maximum atomic E-state index is 10.5. The maximum absolute atomic E-state index is 10.5. The summed E-state index contributed by atoms with van der Waals surface area (Å²) >= 11 is 6.49. The lowest BCUT2D eigenvalue weighted by Gasteiger charge is -2.29. The molecule has 0 amide bonds. The minimum absolute atomic E-state index is 0.321. The van der Waals surface area contributed by atoms with Crippen molar-refractivity contribution < 1.29 is 14.9 Å². The van der Waals surface area contributed by atoms with Crippen LogP contribution in [0.15, 0.2) is 101 Å². The van der Waals surface area contributed by atoms with Gasteiger partial charge in [0.25, 0.3) is 0 Å². The van der Waals surface area contributed by atoms with Crippen LogP contribution in [0.5, 0.6) is 5.75 Å². The summed E-state index contributed by atoms with van der Waals surface area (Å²) in [5.74, 6) is 1.20. The highest BCUT2D eigenvalue weighted by atomic mass is 35.5. The molecule has 2 aliphatic heterocycles. The molecular weight excluding hydrogens is 496 g/mol. The van der Waals surface area contributed by atoms with Gasteiger partial charge in [0, 0.05) is 24.0 Å². The van der Waals surface area contributed by atoms with E-state index >= 15 is 0 Å². The normalized spacial score (nSPS) is 17.4. The minimum atomic E-state index is -0.884. The molecule has 0 aliphatic carbocycles. The number of anilines is 1. The van der Waals surface area contributed by atoms with Crippen molar-refractivity contribution in [2.75, 3.05) is 11.9 Å². The van der Waals surface area contributed by atoms with Crippen LogP contribution in [0.4, 0.5) is 5.69 Å². The zero-order valence-electron chi connectivity index (χ0n) is 19.3. The second-order valence-corrected chi connectivity index (χ2v) is 10.5. The molecule has 3 aromatic rings. The Morgan fingerprint density at radius 3 is 2.67 bits per heavy atom. The van der Waals surface area contributed by atoms with E-state index in [0.29, 0.717) is 29.7 Å². The largest absolute Gasteiger partial charge is 0.486 e. The van der Waals surface area contributed by atoms with E-state index < -0.39 is 15.9 Å². The van der Waals surface area contributed by atoms with Crippen molar-refractivity contribution in [2.45, 2.75) is 18.6 Å². The second kappa shape index (κ2) is 11.1. The van der Waals surface area contributed by atoms with E-state index in [1.54, 1.807) is 18.6 Å². The third-order valence-electron chi connectivity index (χ3n) is 5.62. The van der Waals surface area contributed by atoms with Crippen LogP contribution in [0.25, 0.3) is 0 Å². The van der Waals surface area contributed by atoms with Crippen LogP contribution >= 0.6 is 22.1 Å². The van der Waals surface area contributed by atoms with Gasteiger partial charge in [0.1, 0.15) is 23.6 Å². The van der Waals surface area contributed by atoms with E-state index in [2.05, 4.69) is 15.3 Å². The number of ether oxygens (including phenoxy) is 1. The fraction of sp³-hybridized carbons (Fsp3) is 0.148. The van der Waals surface area contributed by atoms with Crippen LogP contribution in [0, 0.1) is 0 Å². The van der Waals surface area contributed by atoms with Gasteiger partial charge in [-0.25, -0.2) is 4.99 Å². The van der Waals surface area contributed by atoms with Crippen molar-refractivity contribution in [3.8, 4) is 5.75 Å². The summed E-state index contributed by atoms with van der Waals surface area (Å²) in [5.41, 5.74) is 2.68. The van der Waals surface area contributed by atoms with E-state index in [1.165, 1.54) is 0 Å². The number of pyridine rings is 1. The number of aromatic nitrogens is 1. The molecule has 0 bridgehead atoms. The van der Waals surface area contributed by atoms with Crippen LogP contribution in [-0.2, 0) is 13.2 Å². The zero-order chi connectivity index (χ0) is 24.9. The van der Waals surface area contributed by atoms with E-state index in [-0.39, 0.29) is 6.61 Å². The van der Waals surface area contributed by atoms with Crippen molar-refractivity contribution in [1.29, 1.82) is 0 Å². The third-order valence-corrected chi connectivity index (χ3v) is 7.98. The molecule has 0 saturated carbocycles. The fourth-order valence-electron chi connectivity index (χ4n) is 3.88. The lowest BCUT2D eigenvalue weighted by molar-refractivity contribution is 0.160. The molecule has 184 valence electrons. The number of aliphatic imine (C=N–C) groups is 1. The van der Waals surface area contributed by atoms with Crippen molar-refractivity contribution in [2.24, 2.45) is 4.99 Å². The molecular formula is C27H25ClN4O3S. The summed E-state index contributed by atoms with van der Waals surface area (Å²) < 4.78 is 5.82. The number of benzene rings is 2. The Kier molecular flexibility index (Phi) is 7.48. The SMILES string of the molecule is OC[C@@H](O)S1=C2C(=C(Nc3ccc(OCc4ccccn4)c(Cl)c3)N=CN2Cc2ccccc2)C=C1. The van der Waals surface area contributed by atoms with Crippen molar-refractivity contribution in [1.82, 2.24) is 9.88 Å². The number of aliphatic hydroxyl groups excluding tert-OH is 2. The molecule has 0 radical (unpaired) electrons. The molecule has 0 spiro atoms. The first-order valence-corrected chi connectivity index (χ1v) is 13.1. The molecule has 3 N–H and O–H groups in total. The number of nitrogens with zero attached hydrogens (tertiary/aromatic N) is 3. The number of aliphatic hydroxyl groups is 2. The first-order chi connectivity index (χ1) is 17.6. The number of rotatable bonds is 9. The van der Waals surface area contributed by atoms with Gasteiger partial charge in [-0.2, -0.15) is 0 Å². The third kappa shape index (κ3) is 5.37. The number of hydrogen-bond donors (Lipinski definition) is 3. The lowest BCUT2D eigenvalue weighted by atomic mass is 10.1. The highest BCUT2D eigenvalue weighted by molar-refractivity contribution is 8.19. The number of hydrogen-bond acceptors (Lipinski definition) is 7. The van der Waals surface area contributed by atoms with Gasteiger partial charge in [0.05, 0.1) is 28.7 Å². The molecule has 1 unspecified atom stereocenters. The molecule has 5 rings (SSSR count). The minimum Gasteiger partial charge on any atom is -0.486 e. The smallest absolute Gasteiger partial charge is 0.142 e. The Bertz CT molecular complexity index is 1360. The topological polar surface area (TPSA) is 90.2 Å². The quantitative estimate of drug-likeness (QED) is 0.354. The van der Waals surface area contributed by atoms with Gasteiger partial charge in [-0.15, -0.1) is 10.5 Å². The standard InChI is InChI=1S/C27H25ClN4O3S/c28-23-14-20(9-10-24(23)35-17-21-8-4-5-12-29-21)31-26-22-11-13-36(25(34)16-33)27(22)32(18-30-26)15-19-6-2-1-3-7-19/h1-14,18,25,31,33-34H,15-17H2/t25-,36?/m0/s1. The van der Waals surface area contributed by atoms with E-state index in [0.717, 1.165) is 27.5 Å². The van der Waals surface area contributed by atoms with Crippen LogP contribution in [0.1, 0.15) is 11.3 Å². The van der Waals surface area contributed by atoms with Crippen LogP contribution in [0.2, 0.25) is 5.02 Å². The molecule has 2 atom stereocenters. The fourth-order valence-corrected chi connectivity index (χ4v) is 5.93. The molecule has 9 heteroatoms. The lowest BCUT2D eigenvalue weighted by Crippen LogP contribution is -2.34. The molecule has 3 heterocycles. The van der Waals surface area contributed by atoms with Gasteiger partial charge in [-0.1, -0.05) is 48.0 Å². The maximum Gasteiger partial charge on any atom is 0.142 e. The van der Waals surface area contributed by atoms with Gasteiger partial charge < -0.3 is 25.2 Å². The summed E-state index contributed by atoms with van der Waals surface area (Å²) in [6.45, 7) is 0.607. The van der Waals surface area contributed by atoms with E-state index in [9.17, 15) is 10.2 Å². The summed E-state index contributed by atoms with van der Waals surface area (Å²) in [6, 6.07) is 21.2. The molecule has 2 aromatic carbocycles. The van der Waals surface area contributed by atoms with E-state index in [1.807, 2.05) is 77.0 Å². The molecule has 36 heavy (non-hydrogen) atoms. The summed E-state index contributed by atoms with van der Waals surface area (Å²) in [5, 5.41) is 25.9. The monoisotopic (exact) mass is 520 g/mol. The highest BCUT2D eigenvalue weighted by Crippen LogP contribution is 2.38. The molecule has 2 aliphatic rings. The average Bonchev–Trinajstić information content (AvgIpc) is 3.36. The second-order valence-electron chi connectivity index (χ2n) is 8.12. The van der Waals surface area contributed by atoms with Gasteiger partial charge >= 0.3 is 0 Å². The molecule has 0 saturated heterocycles. The van der Waals surface area contributed by atoms with Crippen molar-refractivity contribution in [3.63, 3.8) is 0 Å². The van der Waals surface area contributed by atoms with E-state index in [4.69, 9.17) is 16.3 Å². The first kappa shape index (κ1) is 24.3. The van der Waals surface area contributed by atoms with Crippen LogP contribution < -0.4 is 10.1 Å². The first-order valence-electron chi connectivity index (χ1n) is 11.4. The highest BCUT2D eigenvalue weighted by Gasteiger charge is 2.29. The Labute approximate surface area is 217 Å². The average molecular weight is 521 g/mol. The van der Waals surface area contributed by atoms with Gasteiger partial charge in [-0.05, 0) is 47.4 Å².